The number of nitrogens with two attached hydrogens (primary N) is 2. The van der Waals surface area contributed by atoms with Crippen molar-refractivity contribution in [1.29, 1.82) is 0 Å². The molecule has 2 aliphatic heterocycles. The van der Waals surface area contributed by atoms with Crippen LogP contribution >= 0.6 is 0 Å². The van der Waals surface area contributed by atoms with Crippen molar-refractivity contribution >= 4 is 23.5 Å². The van der Waals surface area contributed by atoms with Gasteiger partial charge < -0.3 is 30.7 Å². The van der Waals surface area contributed by atoms with Crippen LogP contribution in [0.5, 0.6) is 11.5 Å². The molecular formula is C36H46F2N8O2. The van der Waals surface area contributed by atoms with Crippen LogP contribution in [0.15, 0.2) is 48.5 Å². The number of nitrogen functional groups attached to an aromatic ring is 2. The number of anilines is 4. The summed E-state index contributed by atoms with van der Waals surface area (Å²) >= 11 is 0. The van der Waals surface area contributed by atoms with Gasteiger partial charge in [-0.25, -0.2) is 18.7 Å². The van der Waals surface area contributed by atoms with Crippen LogP contribution in [0.4, 0.5) is 32.3 Å². The van der Waals surface area contributed by atoms with E-state index in [4.69, 9.17) is 20.9 Å². The first-order chi connectivity index (χ1) is 23.2. The summed E-state index contributed by atoms with van der Waals surface area (Å²) in [5.74, 6) is 3.00. The number of ether oxygens (including phenoxy) is 2. The number of nitrogens with zero attached hydrogens (tertiary/aromatic N) is 6. The van der Waals surface area contributed by atoms with Crippen LogP contribution in [-0.2, 0) is 0 Å². The normalized spacial score (nSPS) is 18.3. The molecule has 2 aromatic heterocycles. The van der Waals surface area contributed by atoms with Gasteiger partial charge in [-0.3, -0.25) is 0 Å². The highest BCUT2D eigenvalue weighted by molar-refractivity contribution is 5.50. The number of hydrogen-bond acceptors (Lipinski definition) is 10. The lowest BCUT2D eigenvalue weighted by Crippen LogP contribution is -2.30. The molecule has 0 aliphatic carbocycles. The minimum absolute atomic E-state index is 0.00634. The fraction of sp³-hybridized carbons (Fsp3) is 0.444. The Morgan fingerprint density at radius 2 is 1.02 bits per heavy atom. The summed E-state index contributed by atoms with van der Waals surface area (Å²) in [7, 11) is 3.23. The molecule has 6 rings (SSSR count). The average Bonchev–Trinajstić information content (AvgIpc) is 3.46. The van der Waals surface area contributed by atoms with Gasteiger partial charge in [-0.15, -0.1) is 0 Å². The van der Waals surface area contributed by atoms with Gasteiger partial charge in [-0.1, -0.05) is 25.7 Å². The maximum atomic E-state index is 13.9. The van der Waals surface area contributed by atoms with Gasteiger partial charge in [0.1, 0.15) is 34.8 Å². The Balaban J connectivity index is 0.000000188. The molecular weight excluding hydrogens is 614 g/mol. The molecule has 2 fully saturated rings. The molecule has 4 N–H and O–H groups in total. The van der Waals surface area contributed by atoms with Crippen LogP contribution in [0.1, 0.15) is 86.0 Å². The van der Waals surface area contributed by atoms with E-state index in [2.05, 4.69) is 29.7 Å². The molecule has 0 saturated carbocycles. The van der Waals surface area contributed by atoms with Crippen molar-refractivity contribution in [2.24, 2.45) is 0 Å². The summed E-state index contributed by atoms with van der Waals surface area (Å²) < 4.78 is 38.7. The number of aromatic nitrogens is 4. The van der Waals surface area contributed by atoms with Gasteiger partial charge in [-0.2, -0.15) is 9.97 Å². The van der Waals surface area contributed by atoms with Gasteiger partial charge in [0.2, 0.25) is 11.9 Å². The largest absolute Gasteiger partial charge is 0.496 e. The van der Waals surface area contributed by atoms with Crippen molar-refractivity contribution < 1.29 is 18.3 Å². The standard InChI is InChI=1S/2C18H23FN4O/c2*1-12-10-17(22-18(20)21-12)23-9-5-3-4-6-15(23)14-11-13(19)7-8-16(14)24-2/h2*7-8,10-11,15H,3-6,9H2,1-2H3,(H2,20,21,22)/t2*15-/m10/s1. The first kappa shape index (κ1) is 34.6. The maximum absolute atomic E-state index is 13.9. The Kier molecular flexibility index (Phi) is 11.5. The first-order valence-corrected chi connectivity index (χ1v) is 16.6. The van der Waals surface area contributed by atoms with Crippen molar-refractivity contribution in [3.05, 3.63) is 82.7 Å². The highest BCUT2D eigenvalue weighted by Crippen LogP contribution is 2.39. The monoisotopic (exact) mass is 660 g/mol. The molecule has 4 aromatic rings. The number of benzene rings is 2. The average molecular weight is 661 g/mol. The van der Waals surface area contributed by atoms with Crippen LogP contribution in [0.25, 0.3) is 0 Å². The van der Waals surface area contributed by atoms with E-state index in [1.54, 1.807) is 38.5 Å². The smallest absolute Gasteiger partial charge is 0.222 e. The highest BCUT2D eigenvalue weighted by atomic mass is 19.1. The van der Waals surface area contributed by atoms with Crippen molar-refractivity contribution in [3.8, 4) is 11.5 Å². The van der Waals surface area contributed by atoms with Crippen LogP contribution < -0.4 is 30.7 Å². The molecule has 0 amide bonds. The molecule has 2 saturated heterocycles. The summed E-state index contributed by atoms with van der Waals surface area (Å²) in [5, 5.41) is 0. The molecule has 0 radical (unpaired) electrons. The zero-order valence-electron chi connectivity index (χ0n) is 28.3. The number of methoxy groups -OCH3 is 2. The minimum atomic E-state index is -0.256. The van der Waals surface area contributed by atoms with Gasteiger partial charge in [0.15, 0.2) is 0 Å². The predicted octanol–water partition coefficient (Wildman–Crippen LogP) is 7.27. The van der Waals surface area contributed by atoms with Gasteiger partial charge in [-0.05, 0) is 75.9 Å². The van der Waals surface area contributed by atoms with Crippen LogP contribution in [-0.4, -0.2) is 47.2 Å². The molecule has 10 nitrogen and oxygen atoms in total. The lowest BCUT2D eigenvalue weighted by Gasteiger charge is -2.32. The Hall–Kier alpha value is -4.74. The molecule has 0 unspecified atom stereocenters. The third-order valence-corrected chi connectivity index (χ3v) is 8.91. The van der Waals surface area contributed by atoms with E-state index in [1.807, 2.05) is 26.0 Å². The molecule has 2 aliphatic rings. The zero-order valence-corrected chi connectivity index (χ0v) is 28.3. The van der Waals surface area contributed by atoms with Crippen molar-refractivity contribution in [3.63, 3.8) is 0 Å². The van der Waals surface area contributed by atoms with E-state index in [0.29, 0.717) is 11.5 Å². The van der Waals surface area contributed by atoms with Crippen molar-refractivity contribution in [2.75, 3.05) is 48.6 Å². The fourth-order valence-corrected chi connectivity index (χ4v) is 6.79. The third kappa shape index (κ3) is 8.39. The second kappa shape index (κ2) is 15.9. The number of halogens is 2. The lowest BCUT2D eigenvalue weighted by molar-refractivity contribution is 0.400. The Labute approximate surface area is 281 Å². The number of rotatable bonds is 6. The van der Waals surface area contributed by atoms with E-state index in [0.717, 1.165) is 98.6 Å². The van der Waals surface area contributed by atoms with Crippen molar-refractivity contribution in [1.82, 2.24) is 19.9 Å². The molecule has 0 bridgehead atoms. The molecule has 48 heavy (non-hydrogen) atoms. The molecule has 2 aromatic carbocycles. The lowest BCUT2D eigenvalue weighted by atomic mass is 9.99. The summed E-state index contributed by atoms with van der Waals surface area (Å²) in [6.45, 7) is 5.49. The van der Waals surface area contributed by atoms with Crippen LogP contribution in [0, 0.1) is 25.5 Å². The minimum Gasteiger partial charge on any atom is -0.496 e. The zero-order chi connectivity index (χ0) is 34.2. The Morgan fingerprint density at radius 1 is 0.604 bits per heavy atom. The predicted molar refractivity (Wildman–Crippen MR) is 185 cm³/mol. The Morgan fingerprint density at radius 3 is 1.40 bits per heavy atom. The van der Waals surface area contributed by atoms with E-state index in [-0.39, 0.29) is 35.6 Å². The maximum Gasteiger partial charge on any atom is 0.222 e. The van der Waals surface area contributed by atoms with E-state index in [9.17, 15) is 8.78 Å². The van der Waals surface area contributed by atoms with E-state index < -0.39 is 0 Å². The highest BCUT2D eigenvalue weighted by Gasteiger charge is 2.29. The summed E-state index contributed by atoms with van der Waals surface area (Å²) in [5.41, 5.74) is 15.0. The van der Waals surface area contributed by atoms with E-state index in [1.165, 1.54) is 12.1 Å². The van der Waals surface area contributed by atoms with Gasteiger partial charge in [0, 0.05) is 47.7 Å². The SMILES string of the molecule is COc1ccc(F)cc1[C@@H]1CCCCCN1c1cc(C)nc(N)n1.COc1ccc(F)cc1[C@H]1CCCCCN1c1cc(C)nc(N)n1. The summed E-state index contributed by atoms with van der Waals surface area (Å²) in [4.78, 5) is 21.5. The summed E-state index contributed by atoms with van der Waals surface area (Å²) in [6, 6.07) is 13.2. The van der Waals surface area contributed by atoms with Gasteiger partial charge in [0.25, 0.3) is 0 Å². The number of aryl methyl sites for hydroxylation is 2. The van der Waals surface area contributed by atoms with E-state index >= 15 is 0 Å². The number of hydrogen-bond donors (Lipinski definition) is 2. The second-order valence-corrected chi connectivity index (χ2v) is 12.3. The molecule has 4 heterocycles. The van der Waals surface area contributed by atoms with Gasteiger partial charge in [0.05, 0.1) is 26.3 Å². The first-order valence-electron chi connectivity index (χ1n) is 16.6. The topological polar surface area (TPSA) is 129 Å². The quantitative estimate of drug-likeness (QED) is 0.218. The van der Waals surface area contributed by atoms with Gasteiger partial charge >= 0.3 is 0 Å². The van der Waals surface area contributed by atoms with Crippen LogP contribution in [0.2, 0.25) is 0 Å². The molecule has 256 valence electrons. The summed E-state index contributed by atoms with van der Waals surface area (Å²) in [6.07, 6.45) is 8.43. The third-order valence-electron chi connectivity index (χ3n) is 8.91. The second-order valence-electron chi connectivity index (χ2n) is 12.3. The van der Waals surface area contributed by atoms with Crippen molar-refractivity contribution in [2.45, 2.75) is 77.3 Å². The Bertz CT molecular complexity index is 1530. The molecule has 12 heteroatoms. The fourth-order valence-electron chi connectivity index (χ4n) is 6.79. The molecule has 2 atom stereocenters. The molecule has 0 spiro atoms. The van der Waals surface area contributed by atoms with Crippen LogP contribution in [0.3, 0.4) is 0 Å².